The highest BCUT2D eigenvalue weighted by Gasteiger charge is 2.30. The average Bonchev–Trinajstić information content (AvgIpc) is 3.40. The van der Waals surface area contributed by atoms with Crippen molar-refractivity contribution in [2.45, 2.75) is 32.0 Å². The fraction of sp³-hybridized carbons (Fsp3) is 0.316. The molecule has 0 aliphatic heterocycles. The van der Waals surface area contributed by atoms with E-state index in [-0.39, 0.29) is 18.3 Å². The second kappa shape index (κ2) is 7.77. The molecule has 0 heterocycles. The van der Waals surface area contributed by atoms with Crippen LogP contribution in [0.25, 0.3) is 0 Å². The Morgan fingerprint density at radius 1 is 1.12 bits per heavy atom. The van der Waals surface area contributed by atoms with Gasteiger partial charge in [-0.05, 0) is 30.5 Å². The van der Waals surface area contributed by atoms with Crippen molar-refractivity contribution in [3.63, 3.8) is 0 Å². The van der Waals surface area contributed by atoms with Gasteiger partial charge < -0.3 is 5.32 Å². The lowest BCUT2D eigenvalue weighted by molar-refractivity contribution is -0.122. The molecule has 0 spiro atoms. The average molecular weight is 347 g/mol. The Balaban J connectivity index is 1.57. The van der Waals surface area contributed by atoms with Gasteiger partial charge in [-0.2, -0.15) is 0 Å². The van der Waals surface area contributed by atoms with Crippen molar-refractivity contribution in [2.75, 3.05) is 6.54 Å². The molecule has 1 fully saturated rings. The fourth-order valence-corrected chi connectivity index (χ4v) is 2.88. The third-order valence-electron chi connectivity index (χ3n) is 4.18. The summed E-state index contributed by atoms with van der Waals surface area (Å²) in [6.07, 6.45) is 2.12. The Labute approximate surface area is 146 Å². The molecule has 126 valence electrons. The van der Waals surface area contributed by atoms with Crippen LogP contribution in [0.15, 0.2) is 48.5 Å². The summed E-state index contributed by atoms with van der Waals surface area (Å²) >= 11 is 6.10. The molecular formula is C19H20ClFN2O. The third-order valence-corrected chi connectivity index (χ3v) is 4.54. The Morgan fingerprint density at radius 3 is 2.46 bits per heavy atom. The minimum atomic E-state index is -0.223. The largest absolute Gasteiger partial charge is 0.351 e. The topological polar surface area (TPSA) is 32.3 Å². The van der Waals surface area contributed by atoms with E-state index < -0.39 is 0 Å². The predicted molar refractivity (Wildman–Crippen MR) is 93.1 cm³/mol. The summed E-state index contributed by atoms with van der Waals surface area (Å²) in [5, 5.41) is 3.54. The summed E-state index contributed by atoms with van der Waals surface area (Å²) in [7, 11) is 0. The number of hydrogen-bond acceptors (Lipinski definition) is 2. The van der Waals surface area contributed by atoms with E-state index in [0.717, 1.165) is 18.4 Å². The van der Waals surface area contributed by atoms with Crippen molar-refractivity contribution in [2.24, 2.45) is 0 Å². The minimum Gasteiger partial charge on any atom is -0.351 e. The van der Waals surface area contributed by atoms with Gasteiger partial charge in [0.05, 0.1) is 6.54 Å². The van der Waals surface area contributed by atoms with Crippen LogP contribution in [-0.2, 0) is 17.9 Å². The third kappa shape index (κ3) is 4.56. The van der Waals surface area contributed by atoms with Gasteiger partial charge in [-0.1, -0.05) is 48.0 Å². The molecule has 1 aliphatic rings. The first-order chi connectivity index (χ1) is 11.6. The second-order valence-electron chi connectivity index (χ2n) is 6.10. The molecule has 24 heavy (non-hydrogen) atoms. The van der Waals surface area contributed by atoms with Gasteiger partial charge in [0.15, 0.2) is 0 Å². The quantitative estimate of drug-likeness (QED) is 0.828. The highest BCUT2D eigenvalue weighted by molar-refractivity contribution is 6.31. The molecule has 1 aliphatic carbocycles. The van der Waals surface area contributed by atoms with Crippen LogP contribution in [0.3, 0.4) is 0 Å². The van der Waals surface area contributed by atoms with E-state index in [0.29, 0.717) is 29.7 Å². The first-order valence-corrected chi connectivity index (χ1v) is 8.49. The number of nitrogens with zero attached hydrogens (tertiary/aromatic N) is 1. The molecule has 0 aromatic heterocycles. The number of benzene rings is 2. The highest BCUT2D eigenvalue weighted by atomic mass is 35.5. The van der Waals surface area contributed by atoms with Crippen LogP contribution in [0.1, 0.15) is 24.0 Å². The molecule has 0 saturated heterocycles. The van der Waals surface area contributed by atoms with Gasteiger partial charge in [0.1, 0.15) is 5.82 Å². The maximum absolute atomic E-state index is 13.8. The molecule has 0 radical (unpaired) electrons. The summed E-state index contributed by atoms with van der Waals surface area (Å²) in [6, 6.07) is 14.5. The number of halogens is 2. The van der Waals surface area contributed by atoms with Crippen molar-refractivity contribution in [1.29, 1.82) is 0 Å². The van der Waals surface area contributed by atoms with Gasteiger partial charge in [0, 0.05) is 29.7 Å². The zero-order chi connectivity index (χ0) is 16.9. The lowest BCUT2D eigenvalue weighted by Crippen LogP contribution is -2.38. The molecule has 2 aromatic rings. The van der Waals surface area contributed by atoms with Gasteiger partial charge >= 0.3 is 0 Å². The number of rotatable bonds is 7. The molecule has 0 bridgehead atoms. The second-order valence-corrected chi connectivity index (χ2v) is 6.50. The van der Waals surface area contributed by atoms with Crippen LogP contribution in [0.5, 0.6) is 0 Å². The number of carbonyl (C=O) groups excluding carboxylic acids is 1. The summed E-state index contributed by atoms with van der Waals surface area (Å²) in [6.45, 7) is 1.12. The Morgan fingerprint density at radius 2 is 1.79 bits per heavy atom. The number of carbonyl (C=O) groups is 1. The number of amides is 1. The van der Waals surface area contributed by atoms with E-state index in [1.807, 2.05) is 29.2 Å². The summed E-state index contributed by atoms with van der Waals surface area (Å²) in [4.78, 5) is 14.3. The van der Waals surface area contributed by atoms with Crippen LogP contribution in [0.2, 0.25) is 5.02 Å². The molecule has 3 nitrogen and oxygen atoms in total. The van der Waals surface area contributed by atoms with Crippen LogP contribution < -0.4 is 5.32 Å². The highest BCUT2D eigenvalue weighted by Crippen LogP contribution is 2.28. The molecule has 3 rings (SSSR count). The van der Waals surface area contributed by atoms with Gasteiger partial charge in [0.2, 0.25) is 5.91 Å². The van der Waals surface area contributed by atoms with Crippen molar-refractivity contribution in [3.8, 4) is 0 Å². The summed E-state index contributed by atoms with van der Waals surface area (Å²) in [5.41, 5.74) is 1.52. The SMILES string of the molecule is O=C(CN(Cc1ccccc1F)C1CC1)NCc1ccccc1Cl. The number of hydrogen-bond donors (Lipinski definition) is 1. The van der Waals surface area contributed by atoms with Gasteiger partial charge in [0.25, 0.3) is 0 Å². The van der Waals surface area contributed by atoms with E-state index >= 15 is 0 Å². The number of nitrogens with one attached hydrogen (secondary N) is 1. The zero-order valence-corrected chi connectivity index (χ0v) is 14.1. The standard InChI is InChI=1S/C19H20ClFN2O/c20-17-7-3-1-5-14(17)11-22-19(24)13-23(16-9-10-16)12-15-6-2-4-8-18(15)21/h1-8,16H,9-13H2,(H,22,24). The van der Waals surface area contributed by atoms with Gasteiger partial charge in [-0.15, -0.1) is 0 Å². The predicted octanol–water partition coefficient (Wildman–Crippen LogP) is 3.76. The first kappa shape index (κ1) is 16.9. The molecule has 0 unspecified atom stereocenters. The van der Waals surface area contributed by atoms with E-state index in [9.17, 15) is 9.18 Å². The van der Waals surface area contributed by atoms with E-state index in [2.05, 4.69) is 5.32 Å². The zero-order valence-electron chi connectivity index (χ0n) is 13.3. The van der Waals surface area contributed by atoms with Crippen molar-refractivity contribution < 1.29 is 9.18 Å². The smallest absolute Gasteiger partial charge is 0.234 e. The van der Waals surface area contributed by atoms with Crippen LogP contribution in [0, 0.1) is 5.82 Å². The van der Waals surface area contributed by atoms with E-state index in [4.69, 9.17) is 11.6 Å². The van der Waals surface area contributed by atoms with Crippen LogP contribution in [-0.4, -0.2) is 23.4 Å². The van der Waals surface area contributed by atoms with Gasteiger partial charge in [-0.3, -0.25) is 9.69 Å². The lowest BCUT2D eigenvalue weighted by Gasteiger charge is -2.21. The monoisotopic (exact) mass is 346 g/mol. The Kier molecular flexibility index (Phi) is 5.48. The molecule has 1 N–H and O–H groups in total. The molecule has 1 saturated carbocycles. The molecule has 1 amide bonds. The molecule has 5 heteroatoms. The van der Waals surface area contributed by atoms with Crippen molar-refractivity contribution in [3.05, 3.63) is 70.5 Å². The van der Waals surface area contributed by atoms with E-state index in [1.165, 1.54) is 6.07 Å². The normalized spacial score (nSPS) is 14.0. The molecular weight excluding hydrogens is 327 g/mol. The maximum Gasteiger partial charge on any atom is 0.234 e. The Bertz CT molecular complexity index is 718. The first-order valence-electron chi connectivity index (χ1n) is 8.11. The van der Waals surface area contributed by atoms with Crippen LogP contribution in [0.4, 0.5) is 4.39 Å². The lowest BCUT2D eigenvalue weighted by atomic mass is 10.2. The molecule has 2 aromatic carbocycles. The van der Waals surface area contributed by atoms with Crippen molar-refractivity contribution >= 4 is 17.5 Å². The Hall–Kier alpha value is -1.91. The summed E-state index contributed by atoms with van der Waals surface area (Å²) in [5.74, 6) is -0.294. The van der Waals surface area contributed by atoms with Gasteiger partial charge in [-0.25, -0.2) is 4.39 Å². The molecule has 0 atom stereocenters. The van der Waals surface area contributed by atoms with Crippen molar-refractivity contribution in [1.82, 2.24) is 10.2 Å². The minimum absolute atomic E-state index is 0.0711. The fourth-order valence-electron chi connectivity index (χ4n) is 2.68. The maximum atomic E-state index is 13.8. The van der Waals surface area contributed by atoms with Crippen LogP contribution >= 0.6 is 11.6 Å². The van der Waals surface area contributed by atoms with E-state index in [1.54, 1.807) is 18.2 Å². The summed E-state index contributed by atoms with van der Waals surface area (Å²) < 4.78 is 13.8.